The van der Waals surface area contributed by atoms with E-state index in [9.17, 15) is 0 Å². The molecule has 0 atom stereocenters. The molecule has 15 aromatic carbocycles. The first-order valence-corrected chi connectivity index (χ1v) is 34.4. The lowest BCUT2D eigenvalue weighted by atomic mass is 9.88. The van der Waals surface area contributed by atoms with Crippen molar-refractivity contribution < 1.29 is 4.42 Å². The highest BCUT2D eigenvalue weighted by atomic mass is 32.1. The van der Waals surface area contributed by atoms with E-state index in [1.54, 1.807) is 0 Å². The van der Waals surface area contributed by atoms with Crippen LogP contribution in [0.15, 0.2) is 326 Å². The Kier molecular flexibility index (Phi) is 11.5. The van der Waals surface area contributed by atoms with Gasteiger partial charge in [-0.1, -0.05) is 231 Å². The average Bonchev–Trinajstić information content (AvgIpc) is 1.55. The molecular weight excluding hydrogens is 1200 g/mol. The highest BCUT2D eigenvalue weighted by Crippen LogP contribution is 2.52. The third kappa shape index (κ3) is 7.76. The van der Waals surface area contributed by atoms with Gasteiger partial charge in [-0.25, -0.2) is 0 Å². The number of aromatic nitrogens is 3. The number of hydrogen-bond donors (Lipinski definition) is 0. The number of thiophene rings is 2. The molecule has 0 N–H and O–H groups in total. The van der Waals surface area contributed by atoms with Crippen LogP contribution in [0, 0.1) is 0 Å². The van der Waals surface area contributed by atoms with Crippen molar-refractivity contribution in [3.8, 4) is 72.7 Å². The van der Waals surface area contributed by atoms with Crippen LogP contribution >= 0.6 is 22.7 Å². The molecule has 0 aliphatic heterocycles. The summed E-state index contributed by atoms with van der Waals surface area (Å²) in [6.45, 7) is 0. The van der Waals surface area contributed by atoms with Gasteiger partial charge in [-0.2, -0.15) is 0 Å². The van der Waals surface area contributed by atoms with Gasteiger partial charge >= 0.3 is 0 Å². The van der Waals surface area contributed by atoms with Crippen LogP contribution in [0.3, 0.4) is 0 Å². The minimum absolute atomic E-state index is 0.863. The molecule has 6 aromatic heterocycles. The Morgan fingerprint density at radius 2 is 0.708 bits per heavy atom. The van der Waals surface area contributed by atoms with Gasteiger partial charge in [0.15, 0.2) is 0 Å². The van der Waals surface area contributed by atoms with E-state index in [2.05, 4.69) is 335 Å². The van der Waals surface area contributed by atoms with Gasteiger partial charge in [0.05, 0.1) is 43.5 Å². The largest absolute Gasteiger partial charge is 0.455 e. The molecule has 0 spiro atoms. The predicted molar refractivity (Wildman–Crippen MR) is 410 cm³/mol. The van der Waals surface area contributed by atoms with Gasteiger partial charge in [0.1, 0.15) is 11.2 Å². The first-order chi connectivity index (χ1) is 47.6. The standard InChI is InChI=1S/C90H53N3OS2/c1-2-21-56(22-3-1)91-79-39-15-10-29-65(79)74-51-54(43-48-81(74)91)58-23-4-5-24-60(58)68-47-46-59(55-44-49-82-75(52-55)66-30-11-16-40-80(66)93(82)83-41-20-35-72-67-31-12-17-42-85(67)95-89(72)83)90-86(68)73-36-19-34-71(88(73)96-90)62-26-7-6-25-61(62)69-32-18-33-70-76-53-57(45-50-84(76)94-87(69)70)92-77-37-13-8-27-63(77)64-28-9-14-38-78(64)92/h1-53H. The SMILES string of the molecule is c1ccc(-n2c3ccccc3c3cc(-c4ccccc4-c4ccc(-c5ccc6c(c5)c5ccccc5n6-c5cccc6c5sc5ccccc56)c5sc6c(-c7ccccc7-c7cccc8c7oc7ccc(-n9c%10ccccc%10c%10ccccc%109)cc78)cccc6c45)ccc32)cc1. The van der Waals surface area contributed by atoms with Crippen molar-refractivity contribution in [2.45, 2.75) is 0 Å². The Morgan fingerprint density at radius 3 is 1.41 bits per heavy atom. The van der Waals surface area contributed by atoms with Crippen molar-refractivity contribution in [2.75, 3.05) is 0 Å². The number of para-hydroxylation sites is 6. The molecule has 0 fully saturated rings. The fourth-order valence-electron chi connectivity index (χ4n) is 16.1. The van der Waals surface area contributed by atoms with Crippen molar-refractivity contribution >= 4 is 150 Å². The molecule has 4 nitrogen and oxygen atoms in total. The van der Waals surface area contributed by atoms with E-state index in [0.717, 1.165) is 50.0 Å². The molecule has 6 heteroatoms. The fourth-order valence-corrected chi connectivity index (χ4v) is 18.7. The summed E-state index contributed by atoms with van der Waals surface area (Å²) in [6, 6.07) is 119. The normalized spacial score (nSPS) is 12.2. The van der Waals surface area contributed by atoms with Gasteiger partial charge in [-0.15, -0.1) is 22.7 Å². The first-order valence-electron chi connectivity index (χ1n) is 32.8. The lowest BCUT2D eigenvalue weighted by Gasteiger charge is -2.15. The second kappa shape index (κ2) is 20.7. The zero-order valence-corrected chi connectivity index (χ0v) is 53.3. The minimum Gasteiger partial charge on any atom is -0.455 e. The molecule has 21 rings (SSSR count). The number of hydrogen-bond acceptors (Lipinski definition) is 3. The highest BCUT2D eigenvalue weighted by molar-refractivity contribution is 7.27. The molecule has 0 radical (unpaired) electrons. The Morgan fingerprint density at radius 1 is 0.229 bits per heavy atom. The molecule has 21 aromatic rings. The van der Waals surface area contributed by atoms with Crippen LogP contribution in [0.25, 0.3) is 200 Å². The summed E-state index contributed by atoms with van der Waals surface area (Å²) in [5, 5.41) is 14.7. The molecule has 0 saturated heterocycles. The Bertz CT molecular complexity index is 6790. The molecule has 0 bridgehead atoms. The van der Waals surface area contributed by atoms with Gasteiger partial charge in [-0.05, 0) is 136 Å². The zero-order valence-electron chi connectivity index (χ0n) is 51.7. The molecular formula is C90H53N3OS2. The monoisotopic (exact) mass is 1260 g/mol. The molecule has 0 aliphatic rings. The van der Waals surface area contributed by atoms with Crippen LogP contribution in [0.1, 0.15) is 0 Å². The van der Waals surface area contributed by atoms with Crippen LogP contribution in [0.2, 0.25) is 0 Å². The van der Waals surface area contributed by atoms with E-state index >= 15 is 0 Å². The van der Waals surface area contributed by atoms with Crippen molar-refractivity contribution in [3.63, 3.8) is 0 Å². The van der Waals surface area contributed by atoms with Crippen molar-refractivity contribution in [1.29, 1.82) is 0 Å². The van der Waals surface area contributed by atoms with Gasteiger partial charge < -0.3 is 18.1 Å². The number of rotatable bonds is 8. The molecule has 96 heavy (non-hydrogen) atoms. The van der Waals surface area contributed by atoms with Gasteiger partial charge in [-0.3, -0.25) is 0 Å². The van der Waals surface area contributed by atoms with E-state index < -0.39 is 0 Å². The maximum Gasteiger partial charge on any atom is 0.143 e. The molecule has 446 valence electrons. The number of fused-ring (bicyclic) bond motifs is 18. The third-order valence-electron chi connectivity index (χ3n) is 20.3. The first kappa shape index (κ1) is 53.4. The molecule has 0 amide bonds. The summed E-state index contributed by atoms with van der Waals surface area (Å²) in [4.78, 5) is 0. The van der Waals surface area contributed by atoms with Crippen molar-refractivity contribution in [3.05, 3.63) is 322 Å². The van der Waals surface area contributed by atoms with Gasteiger partial charge in [0.25, 0.3) is 0 Å². The van der Waals surface area contributed by atoms with Crippen LogP contribution in [0.4, 0.5) is 0 Å². The summed E-state index contributed by atoms with van der Waals surface area (Å²) >= 11 is 3.80. The van der Waals surface area contributed by atoms with Crippen LogP contribution in [-0.4, -0.2) is 13.7 Å². The number of furan rings is 1. The summed E-state index contributed by atoms with van der Waals surface area (Å²) < 4.78 is 19.4. The third-order valence-corrected chi connectivity index (χ3v) is 22.8. The van der Waals surface area contributed by atoms with E-state index in [1.807, 2.05) is 22.7 Å². The summed E-state index contributed by atoms with van der Waals surface area (Å²) in [5.41, 5.74) is 24.0. The van der Waals surface area contributed by atoms with E-state index in [0.29, 0.717) is 0 Å². The maximum atomic E-state index is 7.06. The number of nitrogens with zero attached hydrogens (tertiary/aromatic N) is 3. The predicted octanol–water partition coefficient (Wildman–Crippen LogP) is 25.9. The molecule has 0 unspecified atom stereocenters. The van der Waals surface area contributed by atoms with E-state index in [1.165, 1.54) is 150 Å². The zero-order chi connectivity index (χ0) is 62.7. The van der Waals surface area contributed by atoms with Gasteiger partial charge in [0.2, 0.25) is 0 Å². The maximum absolute atomic E-state index is 7.06. The number of benzene rings is 15. The Balaban J connectivity index is 0.771. The summed E-state index contributed by atoms with van der Waals surface area (Å²) in [7, 11) is 0. The van der Waals surface area contributed by atoms with E-state index in [-0.39, 0.29) is 0 Å². The lowest BCUT2D eigenvalue weighted by Crippen LogP contribution is -1.94. The van der Waals surface area contributed by atoms with Crippen LogP contribution in [-0.2, 0) is 0 Å². The Labute approximate surface area is 558 Å². The van der Waals surface area contributed by atoms with Crippen molar-refractivity contribution in [2.24, 2.45) is 0 Å². The fraction of sp³-hybridized carbons (Fsp3) is 0. The summed E-state index contributed by atoms with van der Waals surface area (Å²) in [6.07, 6.45) is 0. The molecule has 0 aliphatic carbocycles. The quantitative estimate of drug-likeness (QED) is 0.149. The lowest BCUT2D eigenvalue weighted by molar-refractivity contribution is 0.670. The van der Waals surface area contributed by atoms with Gasteiger partial charge in [0, 0.05) is 101 Å². The molecule has 0 saturated carbocycles. The van der Waals surface area contributed by atoms with E-state index in [4.69, 9.17) is 4.42 Å². The highest BCUT2D eigenvalue weighted by Gasteiger charge is 2.25. The minimum atomic E-state index is 0.863. The second-order valence-corrected chi connectivity index (χ2v) is 27.4. The molecule has 6 heterocycles. The van der Waals surface area contributed by atoms with Crippen LogP contribution < -0.4 is 0 Å². The van der Waals surface area contributed by atoms with Crippen molar-refractivity contribution in [1.82, 2.24) is 13.7 Å². The smallest absolute Gasteiger partial charge is 0.143 e. The second-order valence-electron chi connectivity index (χ2n) is 25.3. The van der Waals surface area contributed by atoms with Crippen LogP contribution in [0.5, 0.6) is 0 Å². The topological polar surface area (TPSA) is 27.9 Å². The average molecular weight is 1260 g/mol. The Hall–Kier alpha value is -12.1. The summed E-state index contributed by atoms with van der Waals surface area (Å²) in [5.74, 6) is 0.